The Kier molecular flexibility index (Phi) is 12.9. The van der Waals surface area contributed by atoms with Gasteiger partial charge in [-0.15, -0.1) is 0 Å². The first-order chi connectivity index (χ1) is 19.6. The minimum atomic E-state index is -0.831. The fourth-order valence-electron chi connectivity index (χ4n) is 4.63. The number of para-hydroxylation sites is 1. The molecule has 0 aliphatic carbocycles. The van der Waals surface area contributed by atoms with Crippen LogP contribution in [0.5, 0.6) is 5.75 Å². The first kappa shape index (κ1) is 32.4. The monoisotopic (exact) mass is 585 g/mol. The average molecular weight is 586 g/mol. The van der Waals surface area contributed by atoms with E-state index >= 15 is 0 Å². The molecule has 10 heteroatoms. The summed E-state index contributed by atoms with van der Waals surface area (Å²) in [5.41, 5.74) is 1.93. The van der Waals surface area contributed by atoms with Gasteiger partial charge in [0.25, 0.3) is 0 Å². The fourth-order valence-corrected chi connectivity index (χ4v) is 4.84. The lowest BCUT2D eigenvalue weighted by molar-refractivity contribution is -0.133. The van der Waals surface area contributed by atoms with Gasteiger partial charge in [-0.1, -0.05) is 69.6 Å². The van der Waals surface area contributed by atoms with Crippen LogP contribution in [0.15, 0.2) is 48.5 Å². The minimum absolute atomic E-state index is 0.128. The second kappa shape index (κ2) is 16.3. The number of rotatable bonds is 6. The highest BCUT2D eigenvalue weighted by molar-refractivity contribution is 6.30. The minimum Gasteiger partial charge on any atom is -0.492 e. The maximum absolute atomic E-state index is 13.6. The summed E-state index contributed by atoms with van der Waals surface area (Å²) in [5.74, 6) is -0.422. The van der Waals surface area contributed by atoms with Gasteiger partial charge in [0.15, 0.2) is 0 Å². The average Bonchev–Trinajstić information content (AvgIpc) is 2.93. The Bertz CT molecular complexity index is 1160. The number of ether oxygens (including phenoxy) is 1. The van der Waals surface area contributed by atoms with Crippen molar-refractivity contribution >= 4 is 29.3 Å². The van der Waals surface area contributed by atoms with E-state index in [4.69, 9.17) is 16.3 Å². The number of amides is 3. The van der Waals surface area contributed by atoms with Crippen molar-refractivity contribution in [1.29, 1.82) is 0 Å². The first-order valence-corrected chi connectivity index (χ1v) is 14.8. The van der Waals surface area contributed by atoms with Gasteiger partial charge in [0.05, 0.1) is 6.04 Å². The fraction of sp³-hybridized carbons (Fsp3) is 0.516. The number of benzene rings is 2. The second-order valence-corrected chi connectivity index (χ2v) is 11.5. The Morgan fingerprint density at radius 3 is 2.44 bits per heavy atom. The largest absolute Gasteiger partial charge is 0.492 e. The van der Waals surface area contributed by atoms with E-state index in [-0.39, 0.29) is 30.3 Å². The number of nitrogens with one attached hydrogen (secondary N) is 5. The van der Waals surface area contributed by atoms with Crippen molar-refractivity contribution in [2.24, 2.45) is 5.92 Å². The molecule has 3 amide bonds. The van der Waals surface area contributed by atoms with Crippen LogP contribution in [0.25, 0.3) is 0 Å². The van der Waals surface area contributed by atoms with E-state index < -0.39 is 24.0 Å². The normalized spacial score (nSPS) is 21.6. The number of halogens is 1. The van der Waals surface area contributed by atoms with Gasteiger partial charge >= 0.3 is 0 Å². The van der Waals surface area contributed by atoms with Gasteiger partial charge in [-0.3, -0.25) is 14.4 Å². The summed E-state index contributed by atoms with van der Waals surface area (Å²) in [6, 6.07) is 13.1. The summed E-state index contributed by atoms with van der Waals surface area (Å²) in [4.78, 5) is 40.2. The third-order valence-corrected chi connectivity index (χ3v) is 7.14. The van der Waals surface area contributed by atoms with Crippen LogP contribution in [0, 0.1) is 5.92 Å². The predicted molar refractivity (Wildman–Crippen MR) is 162 cm³/mol. The zero-order valence-electron chi connectivity index (χ0n) is 24.5. The van der Waals surface area contributed by atoms with Gasteiger partial charge in [-0.2, -0.15) is 0 Å². The van der Waals surface area contributed by atoms with Crippen molar-refractivity contribution in [1.82, 2.24) is 26.6 Å². The number of carbonyl (C=O) groups excluding carboxylic acids is 3. The van der Waals surface area contributed by atoms with E-state index in [1.165, 1.54) is 0 Å². The van der Waals surface area contributed by atoms with Crippen LogP contribution >= 0.6 is 11.6 Å². The molecular formula is C31H44ClN5O4. The molecule has 0 aromatic heterocycles. The first-order valence-electron chi connectivity index (χ1n) is 14.4. The van der Waals surface area contributed by atoms with Gasteiger partial charge < -0.3 is 31.3 Å². The molecule has 1 aliphatic heterocycles. The van der Waals surface area contributed by atoms with Crippen LogP contribution in [-0.4, -0.2) is 68.1 Å². The van der Waals surface area contributed by atoms with Crippen LogP contribution in [0.1, 0.15) is 45.2 Å². The van der Waals surface area contributed by atoms with Crippen molar-refractivity contribution < 1.29 is 19.1 Å². The van der Waals surface area contributed by atoms with Gasteiger partial charge in [0.2, 0.25) is 17.7 Å². The van der Waals surface area contributed by atoms with E-state index in [2.05, 4.69) is 26.6 Å². The molecule has 1 heterocycles. The van der Waals surface area contributed by atoms with Crippen LogP contribution < -0.4 is 31.3 Å². The summed E-state index contributed by atoms with van der Waals surface area (Å²) in [6.45, 7) is 9.18. The summed E-state index contributed by atoms with van der Waals surface area (Å²) >= 11 is 6.20. The molecule has 0 fully saturated rings. The van der Waals surface area contributed by atoms with Gasteiger partial charge in [0.1, 0.15) is 24.4 Å². The van der Waals surface area contributed by atoms with E-state index in [1.807, 2.05) is 70.2 Å². The lowest BCUT2D eigenvalue weighted by Gasteiger charge is -2.28. The Hall–Kier alpha value is -3.14. The van der Waals surface area contributed by atoms with Crippen molar-refractivity contribution in [2.45, 2.75) is 71.1 Å². The molecule has 0 radical (unpaired) electrons. The van der Waals surface area contributed by atoms with E-state index in [0.717, 1.165) is 29.7 Å². The highest BCUT2D eigenvalue weighted by atomic mass is 35.5. The Morgan fingerprint density at radius 1 is 0.927 bits per heavy atom. The highest BCUT2D eigenvalue weighted by Gasteiger charge is 2.31. The molecule has 0 spiro atoms. The molecule has 5 N–H and O–H groups in total. The van der Waals surface area contributed by atoms with Crippen LogP contribution in [0.2, 0.25) is 5.02 Å². The third kappa shape index (κ3) is 10.6. The standard InChI is InChI=1S/C31H44ClN5O4/c1-20(2)28-31(40)36-26(19-35-21(3)4)29(38)34-14-8-11-23-10-5-6-13-27(23)41-16-15-33-25(30(39)37-28)18-22-9-7-12-24(32)17-22/h5-7,9-10,12-13,17,20-21,25-26,28,33,35H,8,11,14-16,18-19H2,1-4H3,(H,34,38)(H,36,40)(H,37,39)/t25-,26+,28-/m1/s1. The number of carbonyl (C=O) groups is 3. The molecular weight excluding hydrogens is 542 g/mol. The Labute approximate surface area is 248 Å². The molecule has 2 aromatic rings. The van der Waals surface area contributed by atoms with E-state index in [1.54, 1.807) is 6.07 Å². The van der Waals surface area contributed by atoms with Crippen molar-refractivity contribution in [2.75, 3.05) is 26.2 Å². The summed E-state index contributed by atoms with van der Waals surface area (Å²) in [6.07, 6.45) is 1.81. The highest BCUT2D eigenvalue weighted by Crippen LogP contribution is 2.19. The van der Waals surface area contributed by atoms with Crippen molar-refractivity contribution in [3.05, 3.63) is 64.7 Å². The lowest BCUT2D eigenvalue weighted by atomic mass is 10.0. The SMILES string of the molecule is CC(C)NC[C@@H]1NC(=O)[C@@H](C(C)C)NC(=O)[C@@H](Cc2cccc(Cl)c2)NCCOc2ccccc2CCCNC1=O. The zero-order chi connectivity index (χ0) is 29.8. The topological polar surface area (TPSA) is 121 Å². The molecule has 3 rings (SSSR count). The summed E-state index contributed by atoms with van der Waals surface area (Å²) in [7, 11) is 0. The Balaban J connectivity index is 1.87. The molecule has 9 nitrogen and oxygen atoms in total. The molecule has 41 heavy (non-hydrogen) atoms. The Morgan fingerprint density at radius 2 is 1.71 bits per heavy atom. The lowest BCUT2D eigenvalue weighted by Crippen LogP contribution is -2.60. The van der Waals surface area contributed by atoms with E-state index in [9.17, 15) is 14.4 Å². The molecule has 2 aromatic carbocycles. The van der Waals surface area contributed by atoms with Crippen molar-refractivity contribution in [3.63, 3.8) is 0 Å². The molecule has 224 valence electrons. The van der Waals surface area contributed by atoms with Gasteiger partial charge in [0, 0.05) is 30.7 Å². The maximum Gasteiger partial charge on any atom is 0.243 e. The summed E-state index contributed by atoms with van der Waals surface area (Å²) in [5, 5.41) is 15.9. The van der Waals surface area contributed by atoms with Crippen LogP contribution in [-0.2, 0) is 27.2 Å². The molecule has 0 saturated heterocycles. The third-order valence-electron chi connectivity index (χ3n) is 6.90. The summed E-state index contributed by atoms with van der Waals surface area (Å²) < 4.78 is 6.08. The van der Waals surface area contributed by atoms with Gasteiger partial charge in [-0.05, 0) is 54.5 Å². The maximum atomic E-state index is 13.6. The van der Waals surface area contributed by atoms with Crippen molar-refractivity contribution in [3.8, 4) is 5.75 Å². The van der Waals surface area contributed by atoms with Crippen LogP contribution in [0.3, 0.4) is 0 Å². The predicted octanol–water partition coefficient (Wildman–Crippen LogP) is 2.61. The molecule has 3 atom stereocenters. The smallest absolute Gasteiger partial charge is 0.243 e. The number of hydrogen-bond acceptors (Lipinski definition) is 6. The van der Waals surface area contributed by atoms with E-state index in [0.29, 0.717) is 31.1 Å². The zero-order valence-corrected chi connectivity index (χ0v) is 25.2. The number of hydrogen-bond donors (Lipinski definition) is 5. The second-order valence-electron chi connectivity index (χ2n) is 11.0. The number of aryl methyl sites for hydroxylation is 1. The molecule has 0 bridgehead atoms. The quantitative estimate of drug-likeness (QED) is 0.355. The molecule has 0 unspecified atom stereocenters. The molecule has 0 saturated carbocycles. The number of fused-ring (bicyclic) bond motifs is 1. The van der Waals surface area contributed by atoms with Crippen LogP contribution in [0.4, 0.5) is 0 Å². The molecule has 1 aliphatic rings. The van der Waals surface area contributed by atoms with Gasteiger partial charge in [-0.25, -0.2) is 0 Å².